The lowest BCUT2D eigenvalue weighted by atomic mass is 10.3. The summed E-state index contributed by atoms with van der Waals surface area (Å²) in [5.74, 6) is 0.837. The molecule has 1 heterocycles. The summed E-state index contributed by atoms with van der Waals surface area (Å²) in [6.07, 6.45) is 4.21. The Morgan fingerprint density at radius 2 is 2.00 bits per heavy atom. The van der Waals surface area contributed by atoms with E-state index in [1.165, 1.54) is 12.8 Å². The van der Waals surface area contributed by atoms with Crippen LogP contribution >= 0.6 is 0 Å². The Balaban J connectivity index is 1.93. The summed E-state index contributed by atoms with van der Waals surface area (Å²) in [5.41, 5.74) is 1.09. The summed E-state index contributed by atoms with van der Waals surface area (Å²) in [5, 5.41) is 11.4. The number of para-hydroxylation sites is 1. The number of hydrogen-bond donors (Lipinski definition) is 1. The van der Waals surface area contributed by atoms with Crippen LogP contribution in [0.2, 0.25) is 0 Å². The molecule has 0 saturated heterocycles. The molecule has 0 amide bonds. The van der Waals surface area contributed by atoms with Gasteiger partial charge < -0.3 is 5.32 Å². The fourth-order valence-electron chi connectivity index (χ4n) is 1.52. The first-order chi connectivity index (χ1) is 7.43. The van der Waals surface area contributed by atoms with Gasteiger partial charge >= 0.3 is 0 Å². The molecule has 1 aromatic heterocycles. The number of benzene rings is 1. The Kier molecular flexibility index (Phi) is 1.91. The standard InChI is InChI=1S/C11H12N4/c1-2-4-10(5-3-1)15-8-12-14-11(15)13-9-6-7-9/h1-5,8-9H,6-7H2,(H,13,14). The normalized spacial score (nSPS) is 15.2. The largest absolute Gasteiger partial charge is 0.351 e. The lowest BCUT2D eigenvalue weighted by molar-refractivity contribution is 1.00. The van der Waals surface area contributed by atoms with Crippen molar-refractivity contribution in [2.24, 2.45) is 0 Å². The molecule has 1 fully saturated rings. The minimum absolute atomic E-state index is 0.594. The van der Waals surface area contributed by atoms with Crippen LogP contribution in [-0.2, 0) is 0 Å². The van der Waals surface area contributed by atoms with Gasteiger partial charge in [0.05, 0.1) is 5.69 Å². The number of anilines is 1. The number of nitrogens with one attached hydrogen (secondary N) is 1. The molecule has 1 N–H and O–H groups in total. The van der Waals surface area contributed by atoms with Crippen LogP contribution in [-0.4, -0.2) is 20.8 Å². The highest BCUT2D eigenvalue weighted by Crippen LogP contribution is 2.24. The molecular formula is C11H12N4. The van der Waals surface area contributed by atoms with Crippen LogP contribution in [0.5, 0.6) is 0 Å². The Hall–Kier alpha value is -1.84. The molecule has 0 spiro atoms. The predicted molar refractivity (Wildman–Crippen MR) is 58.0 cm³/mol. The zero-order chi connectivity index (χ0) is 10.1. The van der Waals surface area contributed by atoms with Crippen molar-refractivity contribution in [3.8, 4) is 5.69 Å². The maximum absolute atomic E-state index is 4.07. The van der Waals surface area contributed by atoms with Crippen molar-refractivity contribution in [1.29, 1.82) is 0 Å². The molecule has 0 aliphatic heterocycles. The van der Waals surface area contributed by atoms with E-state index >= 15 is 0 Å². The molecule has 0 bridgehead atoms. The molecule has 0 unspecified atom stereocenters. The second kappa shape index (κ2) is 3.38. The van der Waals surface area contributed by atoms with Gasteiger partial charge in [-0.25, -0.2) is 0 Å². The summed E-state index contributed by atoms with van der Waals surface area (Å²) < 4.78 is 1.97. The van der Waals surface area contributed by atoms with E-state index in [0.717, 1.165) is 11.6 Å². The van der Waals surface area contributed by atoms with Gasteiger partial charge in [-0.15, -0.1) is 10.2 Å². The van der Waals surface area contributed by atoms with Gasteiger partial charge in [-0.3, -0.25) is 4.57 Å². The van der Waals surface area contributed by atoms with Gasteiger partial charge in [0, 0.05) is 6.04 Å². The zero-order valence-electron chi connectivity index (χ0n) is 8.30. The SMILES string of the molecule is c1ccc(-n2cnnc2NC2CC2)cc1. The summed E-state index contributed by atoms with van der Waals surface area (Å²) in [4.78, 5) is 0. The molecular weight excluding hydrogens is 188 g/mol. The van der Waals surface area contributed by atoms with E-state index in [2.05, 4.69) is 15.5 Å². The molecule has 76 valence electrons. The fraction of sp³-hybridized carbons (Fsp3) is 0.273. The smallest absolute Gasteiger partial charge is 0.229 e. The van der Waals surface area contributed by atoms with Gasteiger partial charge in [0.15, 0.2) is 0 Å². The molecule has 1 saturated carbocycles. The Bertz CT molecular complexity index is 445. The van der Waals surface area contributed by atoms with Crippen molar-refractivity contribution in [1.82, 2.24) is 14.8 Å². The van der Waals surface area contributed by atoms with Gasteiger partial charge in [0.25, 0.3) is 0 Å². The minimum Gasteiger partial charge on any atom is -0.351 e. The first-order valence-corrected chi connectivity index (χ1v) is 5.15. The number of hydrogen-bond acceptors (Lipinski definition) is 3. The zero-order valence-corrected chi connectivity index (χ0v) is 8.30. The molecule has 3 rings (SSSR count). The van der Waals surface area contributed by atoms with Gasteiger partial charge in [-0.05, 0) is 25.0 Å². The highest BCUT2D eigenvalue weighted by Gasteiger charge is 2.23. The van der Waals surface area contributed by atoms with Crippen molar-refractivity contribution in [3.05, 3.63) is 36.7 Å². The lowest BCUT2D eigenvalue weighted by Crippen LogP contribution is -2.07. The Morgan fingerprint density at radius 1 is 1.20 bits per heavy atom. The highest BCUT2D eigenvalue weighted by atomic mass is 15.3. The van der Waals surface area contributed by atoms with E-state index in [4.69, 9.17) is 0 Å². The van der Waals surface area contributed by atoms with Crippen LogP contribution < -0.4 is 5.32 Å². The first-order valence-electron chi connectivity index (χ1n) is 5.15. The van der Waals surface area contributed by atoms with Crippen LogP contribution in [0, 0.1) is 0 Å². The fourth-order valence-corrected chi connectivity index (χ4v) is 1.52. The Morgan fingerprint density at radius 3 is 2.73 bits per heavy atom. The average Bonchev–Trinajstić information content (AvgIpc) is 2.96. The molecule has 4 heteroatoms. The third kappa shape index (κ3) is 1.70. The van der Waals surface area contributed by atoms with E-state index in [9.17, 15) is 0 Å². The van der Waals surface area contributed by atoms with Gasteiger partial charge in [0.2, 0.25) is 5.95 Å². The van der Waals surface area contributed by atoms with Crippen LogP contribution in [0.3, 0.4) is 0 Å². The van der Waals surface area contributed by atoms with Crippen molar-refractivity contribution in [2.75, 3.05) is 5.32 Å². The topological polar surface area (TPSA) is 42.7 Å². The molecule has 1 aromatic carbocycles. The minimum atomic E-state index is 0.594. The Labute approximate surface area is 88.0 Å². The van der Waals surface area contributed by atoms with Crippen LogP contribution in [0.25, 0.3) is 5.69 Å². The monoisotopic (exact) mass is 200 g/mol. The average molecular weight is 200 g/mol. The molecule has 1 aliphatic carbocycles. The highest BCUT2D eigenvalue weighted by molar-refractivity contribution is 5.41. The maximum Gasteiger partial charge on any atom is 0.229 e. The third-order valence-electron chi connectivity index (χ3n) is 2.49. The maximum atomic E-state index is 4.07. The van der Waals surface area contributed by atoms with Crippen molar-refractivity contribution < 1.29 is 0 Å². The number of nitrogens with zero attached hydrogens (tertiary/aromatic N) is 3. The molecule has 0 atom stereocenters. The molecule has 2 aromatic rings. The summed E-state index contributed by atoms with van der Waals surface area (Å²) in [6, 6.07) is 10.7. The summed E-state index contributed by atoms with van der Waals surface area (Å²) >= 11 is 0. The van der Waals surface area contributed by atoms with Crippen molar-refractivity contribution in [3.63, 3.8) is 0 Å². The second-order valence-electron chi connectivity index (χ2n) is 3.78. The van der Waals surface area contributed by atoms with Crippen LogP contribution in [0.1, 0.15) is 12.8 Å². The lowest BCUT2D eigenvalue weighted by Gasteiger charge is -2.06. The molecule has 1 aliphatic rings. The predicted octanol–water partition coefficient (Wildman–Crippen LogP) is 1.84. The van der Waals surface area contributed by atoms with Crippen molar-refractivity contribution >= 4 is 5.95 Å². The first kappa shape index (κ1) is 8.47. The van der Waals surface area contributed by atoms with Crippen molar-refractivity contribution in [2.45, 2.75) is 18.9 Å². The van der Waals surface area contributed by atoms with Crippen LogP contribution in [0.15, 0.2) is 36.7 Å². The van der Waals surface area contributed by atoms with Gasteiger partial charge in [-0.2, -0.15) is 0 Å². The number of aromatic nitrogens is 3. The third-order valence-corrected chi connectivity index (χ3v) is 2.49. The number of rotatable bonds is 3. The quantitative estimate of drug-likeness (QED) is 0.822. The van der Waals surface area contributed by atoms with E-state index < -0.39 is 0 Å². The van der Waals surface area contributed by atoms with E-state index in [-0.39, 0.29) is 0 Å². The summed E-state index contributed by atoms with van der Waals surface area (Å²) in [7, 11) is 0. The molecule has 0 radical (unpaired) electrons. The molecule has 4 nitrogen and oxygen atoms in total. The van der Waals surface area contributed by atoms with Crippen LogP contribution in [0.4, 0.5) is 5.95 Å². The molecule has 15 heavy (non-hydrogen) atoms. The van der Waals surface area contributed by atoms with Gasteiger partial charge in [-0.1, -0.05) is 18.2 Å². The van der Waals surface area contributed by atoms with Gasteiger partial charge in [0.1, 0.15) is 6.33 Å². The van der Waals surface area contributed by atoms with E-state index in [1.807, 2.05) is 34.9 Å². The second-order valence-corrected chi connectivity index (χ2v) is 3.78. The van der Waals surface area contributed by atoms with E-state index in [1.54, 1.807) is 6.33 Å². The van der Waals surface area contributed by atoms with E-state index in [0.29, 0.717) is 6.04 Å². The summed E-state index contributed by atoms with van der Waals surface area (Å²) in [6.45, 7) is 0.